The zero-order valence-corrected chi connectivity index (χ0v) is 24.1. The van der Waals surface area contributed by atoms with E-state index in [9.17, 15) is 4.39 Å². The molecule has 5 heteroatoms. The predicted octanol–water partition coefficient (Wildman–Crippen LogP) is 7.59. The summed E-state index contributed by atoms with van der Waals surface area (Å²) in [6.07, 6.45) is 0.924. The van der Waals surface area contributed by atoms with Crippen molar-refractivity contribution in [2.75, 3.05) is 52.5 Å². The molecule has 0 fully saturated rings. The maximum absolute atomic E-state index is 13.8. The van der Waals surface area contributed by atoms with Gasteiger partial charge in [0.1, 0.15) is 12.4 Å². The summed E-state index contributed by atoms with van der Waals surface area (Å²) in [4.78, 5) is 4.70. The van der Waals surface area contributed by atoms with Gasteiger partial charge < -0.3 is 19.3 Å². The summed E-state index contributed by atoms with van der Waals surface area (Å²) in [5.41, 5.74) is 2.37. The lowest BCUT2D eigenvalue weighted by molar-refractivity contribution is 0.223. The van der Waals surface area contributed by atoms with Crippen LogP contribution in [0.25, 0.3) is 0 Å². The van der Waals surface area contributed by atoms with E-state index < -0.39 is 0 Å². The van der Waals surface area contributed by atoms with Crippen LogP contribution in [0, 0.1) is 5.82 Å². The molecule has 0 spiro atoms. The van der Waals surface area contributed by atoms with Crippen molar-refractivity contribution in [3.8, 4) is 11.5 Å². The second kappa shape index (κ2) is 18.2. The van der Waals surface area contributed by atoms with Crippen LogP contribution in [-0.2, 0) is 0 Å². The van der Waals surface area contributed by atoms with Crippen LogP contribution in [0.3, 0.4) is 0 Å². The molecule has 0 heterocycles. The molecule has 0 aliphatic rings. The summed E-state index contributed by atoms with van der Waals surface area (Å²) in [5, 5.41) is 0. The first-order valence-corrected chi connectivity index (χ1v) is 13.8. The van der Waals surface area contributed by atoms with Crippen LogP contribution in [-0.4, -0.2) is 62.3 Å². The minimum absolute atomic E-state index is 0.256. The van der Waals surface area contributed by atoms with Crippen molar-refractivity contribution in [3.63, 3.8) is 0 Å². The van der Waals surface area contributed by atoms with Crippen molar-refractivity contribution in [1.29, 1.82) is 0 Å². The smallest absolute Gasteiger partial charge is 0.165 e. The lowest BCUT2D eigenvalue weighted by Gasteiger charge is -2.18. The Labute approximate surface area is 220 Å². The van der Waals surface area contributed by atoms with Gasteiger partial charge in [-0.1, -0.05) is 73.6 Å². The first kappa shape index (κ1) is 31.9. The Morgan fingerprint density at radius 1 is 0.667 bits per heavy atom. The minimum Gasteiger partial charge on any atom is -0.492 e. The lowest BCUT2D eigenvalue weighted by atomic mass is 10.0. The highest BCUT2D eigenvalue weighted by Gasteiger charge is 2.07. The average Bonchev–Trinajstić information content (AvgIpc) is 2.88. The molecule has 0 saturated heterocycles. The van der Waals surface area contributed by atoms with E-state index >= 15 is 0 Å². The maximum Gasteiger partial charge on any atom is 0.165 e. The van der Waals surface area contributed by atoms with Crippen molar-refractivity contribution in [2.24, 2.45) is 0 Å². The molecule has 0 N–H and O–H groups in total. The Kier molecular flexibility index (Phi) is 16.1. The summed E-state index contributed by atoms with van der Waals surface area (Å²) in [5.74, 6) is 2.01. The normalized spacial score (nSPS) is 11.2. The average molecular weight is 503 g/mol. The topological polar surface area (TPSA) is 24.9 Å². The van der Waals surface area contributed by atoms with E-state index in [4.69, 9.17) is 9.47 Å². The molecule has 36 heavy (non-hydrogen) atoms. The second-order valence-electron chi connectivity index (χ2n) is 9.67. The molecule has 204 valence electrons. The number of likely N-dealkylation sites (N-methyl/N-ethyl adjacent to an activating group) is 1. The van der Waals surface area contributed by atoms with Crippen LogP contribution in [0.5, 0.6) is 11.5 Å². The molecule has 0 aliphatic heterocycles. The second-order valence-corrected chi connectivity index (χ2v) is 9.67. The Morgan fingerprint density at radius 3 is 1.69 bits per heavy atom. The first-order chi connectivity index (χ1) is 17.2. The van der Waals surface area contributed by atoms with Crippen molar-refractivity contribution < 1.29 is 13.9 Å². The quantitative estimate of drug-likeness (QED) is 0.234. The van der Waals surface area contributed by atoms with Gasteiger partial charge in [0.15, 0.2) is 11.6 Å². The predicted molar refractivity (Wildman–Crippen MR) is 152 cm³/mol. The van der Waals surface area contributed by atoms with Gasteiger partial charge in [0.05, 0.1) is 6.61 Å². The summed E-state index contributed by atoms with van der Waals surface area (Å²) >= 11 is 0. The Morgan fingerprint density at radius 2 is 1.19 bits per heavy atom. The van der Waals surface area contributed by atoms with Gasteiger partial charge in [0.2, 0.25) is 0 Å². The summed E-state index contributed by atoms with van der Waals surface area (Å²) < 4.78 is 25.0. The van der Waals surface area contributed by atoms with Gasteiger partial charge in [-0.2, -0.15) is 0 Å². The SMILES string of the molecule is CCN(CC)CCCOc1ccc(C(C)C)cc1F.CCN(CC)CCOc1ccc(C(C)C)cc1. The third kappa shape index (κ3) is 12.2. The highest BCUT2D eigenvalue weighted by Crippen LogP contribution is 2.23. The number of ether oxygens (including phenoxy) is 2. The molecule has 0 aliphatic carbocycles. The summed E-state index contributed by atoms with van der Waals surface area (Å²) in [7, 11) is 0. The van der Waals surface area contributed by atoms with E-state index in [1.54, 1.807) is 12.1 Å². The minimum atomic E-state index is -0.256. The zero-order valence-electron chi connectivity index (χ0n) is 24.1. The van der Waals surface area contributed by atoms with Gasteiger partial charge in [-0.3, -0.25) is 0 Å². The number of hydrogen-bond acceptors (Lipinski definition) is 4. The molecular formula is C31H51FN2O2. The van der Waals surface area contributed by atoms with Crippen molar-refractivity contribution in [1.82, 2.24) is 9.80 Å². The van der Waals surface area contributed by atoms with Crippen molar-refractivity contribution in [3.05, 3.63) is 59.4 Å². The zero-order chi connectivity index (χ0) is 26.9. The Bertz CT molecular complexity index is 816. The van der Waals surface area contributed by atoms with Gasteiger partial charge in [-0.05, 0) is 79.8 Å². The molecule has 2 aromatic rings. The van der Waals surface area contributed by atoms with Crippen molar-refractivity contribution >= 4 is 0 Å². The van der Waals surface area contributed by atoms with Gasteiger partial charge in [-0.15, -0.1) is 0 Å². The van der Waals surface area contributed by atoms with Crippen LogP contribution < -0.4 is 9.47 Å². The third-order valence-corrected chi connectivity index (χ3v) is 6.51. The van der Waals surface area contributed by atoms with Gasteiger partial charge in [0, 0.05) is 13.1 Å². The summed E-state index contributed by atoms with van der Waals surface area (Å²) in [6.45, 7) is 24.8. The van der Waals surface area contributed by atoms with Crippen LogP contribution in [0.15, 0.2) is 42.5 Å². The first-order valence-electron chi connectivity index (χ1n) is 13.8. The molecule has 4 nitrogen and oxygen atoms in total. The third-order valence-electron chi connectivity index (χ3n) is 6.51. The molecule has 0 bridgehead atoms. The number of rotatable bonds is 15. The molecule has 0 saturated carbocycles. The molecule has 0 amide bonds. The molecule has 0 unspecified atom stereocenters. The van der Waals surface area contributed by atoms with E-state index in [0.29, 0.717) is 24.2 Å². The number of halogens is 1. The monoisotopic (exact) mass is 502 g/mol. The van der Waals surface area contributed by atoms with Crippen LogP contribution >= 0.6 is 0 Å². The van der Waals surface area contributed by atoms with Crippen LogP contribution in [0.4, 0.5) is 4.39 Å². The molecule has 0 aromatic heterocycles. The van der Waals surface area contributed by atoms with E-state index in [1.807, 2.05) is 6.07 Å². The Balaban J connectivity index is 0.000000362. The van der Waals surface area contributed by atoms with E-state index in [-0.39, 0.29) is 5.82 Å². The van der Waals surface area contributed by atoms with E-state index in [1.165, 1.54) is 5.56 Å². The highest BCUT2D eigenvalue weighted by atomic mass is 19.1. The fraction of sp³-hybridized carbons (Fsp3) is 0.613. The van der Waals surface area contributed by atoms with Gasteiger partial charge >= 0.3 is 0 Å². The Hall–Kier alpha value is -2.11. The molecular weight excluding hydrogens is 451 g/mol. The molecule has 2 aromatic carbocycles. The molecule has 0 radical (unpaired) electrons. The molecule has 0 atom stereocenters. The lowest BCUT2D eigenvalue weighted by Crippen LogP contribution is -2.27. The van der Waals surface area contributed by atoms with E-state index in [2.05, 4.69) is 89.5 Å². The standard InChI is InChI=1S/C16H26FNO.C15H25NO/c1-5-18(6-2)10-7-11-19-16-9-8-14(13(3)4)12-15(16)17;1-5-16(6-2)11-12-17-15-9-7-14(8-10-15)13(3)4/h8-9,12-13H,5-7,10-11H2,1-4H3;7-10,13H,5-6,11-12H2,1-4H3. The number of nitrogens with zero attached hydrogens (tertiary/aromatic N) is 2. The largest absolute Gasteiger partial charge is 0.492 e. The highest BCUT2D eigenvalue weighted by molar-refractivity contribution is 5.31. The number of benzene rings is 2. The van der Waals surface area contributed by atoms with Crippen LogP contribution in [0.1, 0.15) is 84.8 Å². The van der Waals surface area contributed by atoms with Gasteiger partial charge in [-0.25, -0.2) is 4.39 Å². The van der Waals surface area contributed by atoms with E-state index in [0.717, 1.165) is 63.6 Å². The summed E-state index contributed by atoms with van der Waals surface area (Å²) in [6, 6.07) is 13.7. The fourth-order valence-corrected chi connectivity index (χ4v) is 3.78. The number of hydrogen-bond donors (Lipinski definition) is 0. The van der Waals surface area contributed by atoms with Crippen molar-refractivity contribution in [2.45, 2.75) is 73.6 Å². The fourth-order valence-electron chi connectivity index (χ4n) is 3.78. The van der Waals surface area contributed by atoms with Crippen LogP contribution in [0.2, 0.25) is 0 Å². The molecule has 2 rings (SSSR count). The van der Waals surface area contributed by atoms with Gasteiger partial charge in [0.25, 0.3) is 0 Å². The maximum atomic E-state index is 13.8.